The standard InChI is InChI=1S/C16H31N3/c1-6-8-19-9-7-18-15(19)11-14(17)10-13(2)12-16(3,4)5/h7,9,13-14H,6,8,10-12,17H2,1-5H3. The van der Waals surface area contributed by atoms with Crippen LogP contribution in [0.3, 0.4) is 0 Å². The van der Waals surface area contributed by atoms with Gasteiger partial charge in [0.05, 0.1) is 0 Å². The predicted molar refractivity (Wildman–Crippen MR) is 82.1 cm³/mol. The topological polar surface area (TPSA) is 43.8 Å². The fourth-order valence-corrected chi connectivity index (χ4v) is 2.94. The van der Waals surface area contributed by atoms with E-state index in [1.807, 2.05) is 6.20 Å². The van der Waals surface area contributed by atoms with E-state index in [4.69, 9.17) is 5.73 Å². The smallest absolute Gasteiger partial charge is 0.110 e. The monoisotopic (exact) mass is 265 g/mol. The van der Waals surface area contributed by atoms with Gasteiger partial charge >= 0.3 is 0 Å². The SMILES string of the molecule is CCCn1ccnc1CC(N)CC(C)CC(C)(C)C. The number of rotatable bonds is 7. The van der Waals surface area contributed by atoms with Crippen molar-refractivity contribution in [2.75, 3.05) is 0 Å². The lowest BCUT2D eigenvalue weighted by atomic mass is 9.82. The van der Waals surface area contributed by atoms with Gasteiger partial charge in [-0.15, -0.1) is 0 Å². The van der Waals surface area contributed by atoms with E-state index in [9.17, 15) is 0 Å². The van der Waals surface area contributed by atoms with E-state index in [-0.39, 0.29) is 6.04 Å². The molecule has 1 aromatic rings. The molecule has 0 amide bonds. The zero-order valence-electron chi connectivity index (χ0n) is 13.3. The Morgan fingerprint density at radius 3 is 2.63 bits per heavy atom. The van der Waals surface area contributed by atoms with Gasteiger partial charge in [-0.2, -0.15) is 0 Å². The summed E-state index contributed by atoms with van der Waals surface area (Å²) in [6, 6.07) is 0.218. The molecule has 3 heteroatoms. The van der Waals surface area contributed by atoms with Crippen molar-refractivity contribution in [1.29, 1.82) is 0 Å². The van der Waals surface area contributed by atoms with E-state index in [1.165, 1.54) is 6.42 Å². The minimum atomic E-state index is 0.218. The summed E-state index contributed by atoms with van der Waals surface area (Å²) in [4.78, 5) is 4.44. The van der Waals surface area contributed by atoms with E-state index in [1.54, 1.807) is 0 Å². The molecule has 0 aliphatic rings. The van der Waals surface area contributed by atoms with Crippen molar-refractivity contribution in [3.8, 4) is 0 Å². The first-order valence-corrected chi connectivity index (χ1v) is 7.57. The number of hydrogen-bond acceptors (Lipinski definition) is 2. The fraction of sp³-hybridized carbons (Fsp3) is 0.812. The Bertz CT molecular complexity index is 362. The highest BCUT2D eigenvalue weighted by Crippen LogP contribution is 2.26. The summed E-state index contributed by atoms with van der Waals surface area (Å²) in [5.74, 6) is 1.81. The summed E-state index contributed by atoms with van der Waals surface area (Å²) in [7, 11) is 0. The van der Waals surface area contributed by atoms with Crippen LogP contribution in [-0.4, -0.2) is 15.6 Å². The molecule has 0 saturated heterocycles. The van der Waals surface area contributed by atoms with Crippen molar-refractivity contribution in [3.63, 3.8) is 0 Å². The molecule has 0 bridgehead atoms. The zero-order chi connectivity index (χ0) is 14.5. The van der Waals surface area contributed by atoms with Crippen LogP contribution in [0, 0.1) is 11.3 Å². The third kappa shape index (κ3) is 6.24. The van der Waals surface area contributed by atoms with E-state index in [2.05, 4.69) is 50.4 Å². The van der Waals surface area contributed by atoms with Crippen LogP contribution in [0.2, 0.25) is 0 Å². The van der Waals surface area contributed by atoms with Crippen molar-refractivity contribution in [2.24, 2.45) is 17.1 Å². The Morgan fingerprint density at radius 1 is 1.37 bits per heavy atom. The van der Waals surface area contributed by atoms with Crippen LogP contribution in [0.1, 0.15) is 59.7 Å². The minimum Gasteiger partial charge on any atom is -0.335 e. The van der Waals surface area contributed by atoms with Gasteiger partial charge in [-0.05, 0) is 30.6 Å². The van der Waals surface area contributed by atoms with Gasteiger partial charge in [0, 0.05) is 31.4 Å². The molecular formula is C16H31N3. The Kier molecular flexibility index (Phi) is 6.05. The average molecular weight is 265 g/mol. The summed E-state index contributed by atoms with van der Waals surface area (Å²) in [6.07, 6.45) is 8.28. The van der Waals surface area contributed by atoms with Gasteiger partial charge in [0.1, 0.15) is 5.82 Å². The first-order valence-electron chi connectivity index (χ1n) is 7.57. The maximum absolute atomic E-state index is 6.30. The average Bonchev–Trinajstić information content (AvgIpc) is 2.62. The maximum Gasteiger partial charge on any atom is 0.110 e. The Morgan fingerprint density at radius 2 is 2.05 bits per heavy atom. The second-order valence-corrected chi connectivity index (χ2v) is 7.11. The van der Waals surface area contributed by atoms with Crippen LogP contribution in [0.4, 0.5) is 0 Å². The molecule has 110 valence electrons. The Labute approximate surface area is 118 Å². The van der Waals surface area contributed by atoms with Crippen LogP contribution in [0.15, 0.2) is 12.4 Å². The number of aryl methyl sites for hydroxylation is 1. The van der Waals surface area contributed by atoms with Gasteiger partial charge in [0.25, 0.3) is 0 Å². The van der Waals surface area contributed by atoms with Crippen LogP contribution in [0.25, 0.3) is 0 Å². The van der Waals surface area contributed by atoms with E-state index < -0.39 is 0 Å². The number of nitrogens with zero attached hydrogens (tertiary/aromatic N) is 2. The van der Waals surface area contributed by atoms with Gasteiger partial charge < -0.3 is 10.3 Å². The molecular weight excluding hydrogens is 234 g/mol. The number of imidazole rings is 1. The van der Waals surface area contributed by atoms with Crippen LogP contribution in [0.5, 0.6) is 0 Å². The number of aromatic nitrogens is 2. The van der Waals surface area contributed by atoms with Gasteiger partial charge in [0.2, 0.25) is 0 Å². The molecule has 1 aromatic heterocycles. The van der Waals surface area contributed by atoms with E-state index in [0.29, 0.717) is 11.3 Å². The van der Waals surface area contributed by atoms with Gasteiger partial charge in [-0.25, -0.2) is 4.98 Å². The molecule has 2 N–H and O–H groups in total. The summed E-state index contributed by atoms with van der Waals surface area (Å²) >= 11 is 0. The predicted octanol–water partition coefficient (Wildman–Crippen LogP) is 3.63. The first-order chi connectivity index (χ1) is 8.81. The minimum absolute atomic E-state index is 0.218. The second-order valence-electron chi connectivity index (χ2n) is 7.11. The van der Waals surface area contributed by atoms with Crippen molar-refractivity contribution in [2.45, 2.75) is 72.9 Å². The maximum atomic E-state index is 6.30. The highest BCUT2D eigenvalue weighted by molar-refractivity contribution is 4.95. The zero-order valence-corrected chi connectivity index (χ0v) is 13.3. The highest BCUT2D eigenvalue weighted by Gasteiger charge is 2.18. The molecule has 1 heterocycles. The molecule has 19 heavy (non-hydrogen) atoms. The number of nitrogens with two attached hydrogens (primary N) is 1. The first kappa shape index (κ1) is 16.2. The van der Waals surface area contributed by atoms with Crippen molar-refractivity contribution < 1.29 is 0 Å². The molecule has 2 atom stereocenters. The van der Waals surface area contributed by atoms with Crippen molar-refractivity contribution in [3.05, 3.63) is 18.2 Å². The molecule has 0 aliphatic carbocycles. The summed E-state index contributed by atoms with van der Waals surface area (Å²) in [5.41, 5.74) is 6.69. The molecule has 0 spiro atoms. The lowest BCUT2D eigenvalue weighted by Gasteiger charge is -2.25. The Balaban J connectivity index is 2.46. The van der Waals surface area contributed by atoms with E-state index >= 15 is 0 Å². The summed E-state index contributed by atoms with van der Waals surface area (Å²) in [6.45, 7) is 12.4. The van der Waals surface area contributed by atoms with E-state index in [0.717, 1.165) is 31.6 Å². The second kappa shape index (κ2) is 7.09. The molecule has 3 nitrogen and oxygen atoms in total. The third-order valence-electron chi connectivity index (χ3n) is 3.38. The van der Waals surface area contributed by atoms with Crippen molar-refractivity contribution >= 4 is 0 Å². The highest BCUT2D eigenvalue weighted by atomic mass is 15.1. The van der Waals surface area contributed by atoms with Crippen molar-refractivity contribution in [1.82, 2.24) is 9.55 Å². The Hall–Kier alpha value is -0.830. The molecule has 2 unspecified atom stereocenters. The third-order valence-corrected chi connectivity index (χ3v) is 3.38. The van der Waals surface area contributed by atoms with Gasteiger partial charge in [-0.3, -0.25) is 0 Å². The normalized spacial score (nSPS) is 15.5. The molecule has 0 saturated carbocycles. The van der Waals surface area contributed by atoms with Crippen LogP contribution >= 0.6 is 0 Å². The van der Waals surface area contributed by atoms with Crippen LogP contribution < -0.4 is 5.73 Å². The fourth-order valence-electron chi connectivity index (χ4n) is 2.94. The molecule has 0 radical (unpaired) electrons. The molecule has 1 rings (SSSR count). The lowest BCUT2D eigenvalue weighted by molar-refractivity contribution is 0.284. The van der Waals surface area contributed by atoms with Gasteiger partial charge in [-0.1, -0.05) is 34.6 Å². The molecule has 0 fully saturated rings. The lowest BCUT2D eigenvalue weighted by Crippen LogP contribution is -2.28. The molecule has 0 aromatic carbocycles. The number of hydrogen-bond donors (Lipinski definition) is 1. The summed E-state index contributed by atoms with van der Waals surface area (Å²) in [5, 5.41) is 0. The summed E-state index contributed by atoms with van der Waals surface area (Å²) < 4.78 is 2.23. The molecule has 0 aliphatic heterocycles. The largest absolute Gasteiger partial charge is 0.335 e. The van der Waals surface area contributed by atoms with Crippen LogP contribution in [-0.2, 0) is 13.0 Å². The quantitative estimate of drug-likeness (QED) is 0.818. The van der Waals surface area contributed by atoms with Gasteiger partial charge in [0.15, 0.2) is 0 Å².